The van der Waals surface area contributed by atoms with Gasteiger partial charge >= 0.3 is 0 Å². The second kappa shape index (κ2) is 6.36. The Morgan fingerprint density at radius 2 is 1.94 bits per heavy atom. The fourth-order valence-corrected chi connectivity index (χ4v) is 3.99. The Hall–Kier alpha value is -0.120. The Labute approximate surface area is 113 Å². The van der Waals surface area contributed by atoms with Crippen molar-refractivity contribution < 1.29 is 0 Å². The fourth-order valence-electron chi connectivity index (χ4n) is 3.99. The molecule has 1 N–H and O–H groups in total. The van der Waals surface area contributed by atoms with Gasteiger partial charge in [0.05, 0.1) is 0 Å². The molecule has 2 heterocycles. The van der Waals surface area contributed by atoms with Crippen molar-refractivity contribution in [2.24, 2.45) is 5.92 Å². The first-order valence-corrected chi connectivity index (χ1v) is 7.79. The molecule has 0 amide bonds. The first kappa shape index (κ1) is 14.3. The second-order valence-corrected chi connectivity index (χ2v) is 6.46. The van der Waals surface area contributed by atoms with Crippen LogP contribution in [0.1, 0.15) is 40.0 Å². The lowest BCUT2D eigenvalue weighted by Gasteiger charge is -2.47. The maximum absolute atomic E-state index is 3.62. The molecular weight excluding hydrogens is 222 g/mol. The summed E-state index contributed by atoms with van der Waals surface area (Å²) in [7, 11) is 2.26. The highest BCUT2D eigenvalue weighted by Crippen LogP contribution is 2.28. The molecular formula is C15H31N3. The Bertz CT molecular complexity index is 256. The van der Waals surface area contributed by atoms with E-state index >= 15 is 0 Å². The zero-order valence-corrected chi connectivity index (χ0v) is 12.7. The quantitative estimate of drug-likeness (QED) is 0.827. The third-order valence-corrected chi connectivity index (χ3v) is 4.91. The first-order chi connectivity index (χ1) is 8.61. The van der Waals surface area contributed by atoms with E-state index in [1.165, 1.54) is 38.9 Å². The molecule has 0 radical (unpaired) electrons. The average Bonchev–Trinajstić information content (AvgIpc) is 2.31. The smallest absolute Gasteiger partial charge is 0.0148 e. The highest BCUT2D eigenvalue weighted by Gasteiger charge is 2.34. The number of likely N-dealkylation sites (tertiary alicyclic amines) is 2. The van der Waals surface area contributed by atoms with E-state index in [0.717, 1.165) is 30.6 Å². The molecule has 4 unspecified atom stereocenters. The van der Waals surface area contributed by atoms with E-state index in [-0.39, 0.29) is 0 Å². The average molecular weight is 253 g/mol. The number of nitrogens with zero attached hydrogens (tertiary/aromatic N) is 2. The molecule has 0 spiro atoms. The minimum Gasteiger partial charge on any atom is -0.314 e. The van der Waals surface area contributed by atoms with E-state index in [0.29, 0.717) is 0 Å². The summed E-state index contributed by atoms with van der Waals surface area (Å²) >= 11 is 0. The van der Waals surface area contributed by atoms with Crippen molar-refractivity contribution in [3.63, 3.8) is 0 Å². The topological polar surface area (TPSA) is 18.5 Å². The lowest BCUT2D eigenvalue weighted by atomic mass is 9.88. The molecule has 2 fully saturated rings. The summed E-state index contributed by atoms with van der Waals surface area (Å²) in [4.78, 5) is 5.28. The van der Waals surface area contributed by atoms with Gasteiger partial charge in [0.25, 0.3) is 0 Å². The molecule has 2 rings (SSSR count). The maximum atomic E-state index is 3.62. The molecule has 4 atom stereocenters. The molecule has 0 bridgehead atoms. The van der Waals surface area contributed by atoms with Gasteiger partial charge in [-0.05, 0) is 52.2 Å². The molecule has 0 aromatic rings. The summed E-state index contributed by atoms with van der Waals surface area (Å²) in [5, 5.41) is 3.62. The van der Waals surface area contributed by atoms with Gasteiger partial charge in [-0.1, -0.05) is 13.8 Å². The molecule has 2 saturated heterocycles. The Balaban J connectivity index is 1.90. The van der Waals surface area contributed by atoms with Gasteiger partial charge in [0.15, 0.2) is 0 Å². The summed E-state index contributed by atoms with van der Waals surface area (Å²) in [6.07, 6.45) is 4.01. The van der Waals surface area contributed by atoms with Crippen molar-refractivity contribution in [1.29, 1.82) is 0 Å². The van der Waals surface area contributed by atoms with Gasteiger partial charge in [0.1, 0.15) is 0 Å². The van der Waals surface area contributed by atoms with E-state index in [9.17, 15) is 0 Å². The molecule has 3 heteroatoms. The summed E-state index contributed by atoms with van der Waals surface area (Å²) < 4.78 is 0. The highest BCUT2D eigenvalue weighted by molar-refractivity contribution is 4.91. The van der Waals surface area contributed by atoms with Crippen LogP contribution in [0.15, 0.2) is 0 Å². The van der Waals surface area contributed by atoms with Crippen LogP contribution in [0, 0.1) is 5.92 Å². The molecule has 0 aliphatic carbocycles. The standard InChI is InChI=1S/C15H31N3/c1-5-16-14-6-9-18(13(3)10-14)15-7-8-17(4)11-12(15)2/h12-16H,5-11H2,1-4H3. The lowest BCUT2D eigenvalue weighted by molar-refractivity contribution is 0.0223. The van der Waals surface area contributed by atoms with E-state index < -0.39 is 0 Å². The van der Waals surface area contributed by atoms with Crippen molar-refractivity contribution in [3.05, 3.63) is 0 Å². The Kier molecular flexibility index (Phi) is 5.05. The minimum absolute atomic E-state index is 0.749. The van der Waals surface area contributed by atoms with Gasteiger partial charge in [-0.15, -0.1) is 0 Å². The fraction of sp³-hybridized carbons (Fsp3) is 1.00. The van der Waals surface area contributed by atoms with E-state index in [2.05, 4.69) is 42.9 Å². The monoisotopic (exact) mass is 253 g/mol. The molecule has 2 aliphatic rings. The summed E-state index contributed by atoms with van der Waals surface area (Å²) in [5.74, 6) is 0.821. The minimum atomic E-state index is 0.749. The Morgan fingerprint density at radius 3 is 2.56 bits per heavy atom. The van der Waals surface area contributed by atoms with Crippen molar-refractivity contribution in [2.45, 2.75) is 58.2 Å². The van der Waals surface area contributed by atoms with E-state index in [1.807, 2.05) is 0 Å². The molecule has 106 valence electrons. The number of piperidine rings is 2. The zero-order chi connectivity index (χ0) is 13.1. The first-order valence-electron chi connectivity index (χ1n) is 7.79. The normalized spacial score (nSPS) is 40.0. The van der Waals surface area contributed by atoms with Crippen LogP contribution >= 0.6 is 0 Å². The second-order valence-electron chi connectivity index (χ2n) is 6.46. The van der Waals surface area contributed by atoms with Crippen molar-refractivity contribution >= 4 is 0 Å². The van der Waals surface area contributed by atoms with Crippen LogP contribution in [0.5, 0.6) is 0 Å². The van der Waals surface area contributed by atoms with Gasteiger partial charge in [-0.3, -0.25) is 4.90 Å². The maximum Gasteiger partial charge on any atom is 0.0148 e. The molecule has 3 nitrogen and oxygen atoms in total. The number of nitrogens with one attached hydrogen (secondary N) is 1. The van der Waals surface area contributed by atoms with Crippen LogP contribution in [0.2, 0.25) is 0 Å². The third kappa shape index (κ3) is 3.25. The number of rotatable bonds is 3. The van der Waals surface area contributed by atoms with E-state index in [4.69, 9.17) is 0 Å². The third-order valence-electron chi connectivity index (χ3n) is 4.91. The van der Waals surface area contributed by atoms with Crippen LogP contribution in [-0.4, -0.2) is 61.2 Å². The van der Waals surface area contributed by atoms with Crippen LogP contribution in [0.25, 0.3) is 0 Å². The predicted octanol–water partition coefficient (Wildman–Crippen LogP) is 1.79. The number of hydrogen-bond donors (Lipinski definition) is 1. The van der Waals surface area contributed by atoms with E-state index in [1.54, 1.807) is 0 Å². The van der Waals surface area contributed by atoms with Crippen LogP contribution in [0.4, 0.5) is 0 Å². The predicted molar refractivity (Wildman–Crippen MR) is 77.9 cm³/mol. The molecule has 0 aromatic heterocycles. The Morgan fingerprint density at radius 1 is 1.17 bits per heavy atom. The summed E-state index contributed by atoms with van der Waals surface area (Å²) in [6, 6.07) is 2.32. The molecule has 0 saturated carbocycles. The van der Waals surface area contributed by atoms with Crippen LogP contribution < -0.4 is 5.32 Å². The van der Waals surface area contributed by atoms with Crippen molar-refractivity contribution in [2.75, 3.05) is 33.2 Å². The van der Waals surface area contributed by atoms with Crippen LogP contribution in [0.3, 0.4) is 0 Å². The summed E-state index contributed by atoms with van der Waals surface area (Å²) in [6.45, 7) is 12.0. The van der Waals surface area contributed by atoms with Crippen molar-refractivity contribution in [3.8, 4) is 0 Å². The van der Waals surface area contributed by atoms with Gasteiger partial charge in [-0.25, -0.2) is 0 Å². The molecule has 18 heavy (non-hydrogen) atoms. The largest absolute Gasteiger partial charge is 0.314 e. The van der Waals surface area contributed by atoms with Crippen molar-refractivity contribution in [1.82, 2.24) is 15.1 Å². The molecule has 2 aliphatic heterocycles. The van der Waals surface area contributed by atoms with Gasteiger partial charge in [0.2, 0.25) is 0 Å². The SMILES string of the molecule is CCNC1CCN(C2CCN(C)CC2C)C(C)C1. The van der Waals surface area contributed by atoms with Gasteiger partial charge in [0, 0.05) is 31.2 Å². The van der Waals surface area contributed by atoms with Gasteiger partial charge in [-0.2, -0.15) is 0 Å². The molecule has 0 aromatic carbocycles. The summed E-state index contributed by atoms with van der Waals surface area (Å²) in [5.41, 5.74) is 0. The number of hydrogen-bond acceptors (Lipinski definition) is 3. The highest BCUT2D eigenvalue weighted by atomic mass is 15.2. The van der Waals surface area contributed by atoms with Gasteiger partial charge < -0.3 is 10.2 Å². The zero-order valence-electron chi connectivity index (χ0n) is 12.7. The van der Waals surface area contributed by atoms with Crippen LogP contribution in [-0.2, 0) is 0 Å². The lowest BCUT2D eigenvalue weighted by Crippen LogP contribution is -2.56.